The predicted octanol–water partition coefficient (Wildman–Crippen LogP) is 5.32. The van der Waals surface area contributed by atoms with Crippen LogP contribution in [0.2, 0.25) is 0 Å². The first kappa shape index (κ1) is 22.0. The number of nitrogens with zero attached hydrogens (tertiary/aromatic N) is 1. The quantitative estimate of drug-likeness (QED) is 0.227. The van der Waals surface area contributed by atoms with Crippen LogP contribution >= 0.6 is 7.92 Å². The molecule has 0 aromatic heterocycles. The second-order valence-electron chi connectivity index (χ2n) is 7.59. The van der Waals surface area contributed by atoms with Crippen molar-refractivity contribution in [1.29, 1.82) is 0 Å². The minimum absolute atomic E-state index is 0.595. The maximum atomic E-state index is 4.00. The molecule has 3 aromatic carbocycles. The van der Waals surface area contributed by atoms with Gasteiger partial charge in [0, 0.05) is 5.56 Å². The van der Waals surface area contributed by atoms with Crippen molar-refractivity contribution in [2.24, 2.45) is 0 Å². The molecular weight excluding hydrogens is 381 g/mol. The highest BCUT2D eigenvalue weighted by molar-refractivity contribution is 7.79. The summed E-state index contributed by atoms with van der Waals surface area (Å²) in [6, 6.07) is 30.8. The first-order valence-electron chi connectivity index (χ1n) is 10.4. The summed E-state index contributed by atoms with van der Waals surface area (Å²) in [7, 11) is -0.595. The second kappa shape index (κ2) is 10.9. The fraction of sp³-hybridized carbons (Fsp3) is 0.143. The topological polar surface area (TPSA) is 0 Å². The van der Waals surface area contributed by atoms with Crippen LogP contribution in [0, 0.1) is 0 Å². The van der Waals surface area contributed by atoms with Gasteiger partial charge in [0.2, 0.25) is 0 Å². The maximum Gasteiger partial charge on any atom is 0.105 e. The maximum absolute atomic E-state index is 4.00. The van der Waals surface area contributed by atoms with Crippen molar-refractivity contribution in [3.8, 4) is 0 Å². The molecule has 0 fully saturated rings. The normalized spacial score (nSPS) is 11.2. The predicted molar refractivity (Wildman–Crippen MR) is 134 cm³/mol. The molecule has 0 aliphatic heterocycles. The monoisotopic (exact) mass is 412 g/mol. The molecule has 0 amide bonds. The average molecular weight is 413 g/mol. The van der Waals surface area contributed by atoms with Crippen LogP contribution < -0.4 is 15.9 Å². The molecule has 1 nitrogen and oxygen atoms in total. The Bertz CT molecular complexity index is 896. The lowest BCUT2D eigenvalue weighted by atomic mass is 10.1. The summed E-state index contributed by atoms with van der Waals surface area (Å²) in [5.41, 5.74) is 1.34. The van der Waals surface area contributed by atoms with Crippen LogP contribution in [0.5, 0.6) is 0 Å². The van der Waals surface area contributed by atoms with E-state index in [0.29, 0.717) is 0 Å². The Balaban J connectivity index is 2.02. The molecule has 0 saturated heterocycles. The second-order valence-corrected chi connectivity index (χ2v) is 9.81. The Hall–Kier alpha value is -2.73. The minimum Gasteiger partial charge on any atom is -0.310 e. The van der Waals surface area contributed by atoms with Gasteiger partial charge in [0.05, 0.1) is 19.6 Å². The van der Waals surface area contributed by atoms with Gasteiger partial charge in [-0.2, -0.15) is 0 Å². The third-order valence-corrected chi connectivity index (χ3v) is 7.69. The van der Waals surface area contributed by atoms with Crippen molar-refractivity contribution < 1.29 is 4.48 Å². The minimum atomic E-state index is -0.595. The Morgan fingerprint density at radius 3 is 1.53 bits per heavy atom. The van der Waals surface area contributed by atoms with Gasteiger partial charge in [0.1, 0.15) is 6.54 Å². The van der Waals surface area contributed by atoms with Gasteiger partial charge in [0.25, 0.3) is 0 Å². The van der Waals surface area contributed by atoms with Crippen LogP contribution in [-0.2, 0) is 6.54 Å². The van der Waals surface area contributed by atoms with Crippen LogP contribution in [-0.4, -0.2) is 24.1 Å². The van der Waals surface area contributed by atoms with E-state index in [1.165, 1.54) is 21.5 Å². The van der Waals surface area contributed by atoms with E-state index in [2.05, 4.69) is 105 Å². The van der Waals surface area contributed by atoms with E-state index in [-0.39, 0.29) is 0 Å². The summed E-state index contributed by atoms with van der Waals surface area (Å²) in [4.78, 5) is 0. The van der Waals surface area contributed by atoms with Crippen LogP contribution in [0.4, 0.5) is 0 Å². The lowest BCUT2D eigenvalue weighted by molar-refractivity contribution is -0.924. The van der Waals surface area contributed by atoms with E-state index in [9.17, 15) is 0 Å². The van der Waals surface area contributed by atoms with E-state index in [0.717, 1.165) is 30.7 Å². The highest BCUT2D eigenvalue weighted by atomic mass is 31.1. The Kier molecular flexibility index (Phi) is 7.97. The fourth-order valence-electron chi connectivity index (χ4n) is 4.02. The summed E-state index contributed by atoms with van der Waals surface area (Å²) >= 11 is 0. The Morgan fingerprint density at radius 1 is 0.600 bits per heavy atom. The SMILES string of the molecule is C=CC[N+](CC=C)(CC=C)Cc1cccc(P(c2ccccc2)c2ccccc2)c1. The van der Waals surface area contributed by atoms with Crippen LogP contribution in [0.3, 0.4) is 0 Å². The molecule has 3 rings (SSSR count). The Morgan fingerprint density at radius 2 is 1.07 bits per heavy atom. The van der Waals surface area contributed by atoms with E-state index < -0.39 is 7.92 Å². The van der Waals surface area contributed by atoms with Gasteiger partial charge in [-0.3, -0.25) is 0 Å². The molecule has 0 unspecified atom stereocenters. The molecule has 0 bridgehead atoms. The summed E-state index contributed by atoms with van der Waals surface area (Å²) < 4.78 is 0.870. The number of benzene rings is 3. The molecule has 2 heteroatoms. The van der Waals surface area contributed by atoms with Gasteiger partial charge in [-0.25, -0.2) is 0 Å². The van der Waals surface area contributed by atoms with Crippen molar-refractivity contribution in [2.75, 3.05) is 19.6 Å². The van der Waals surface area contributed by atoms with E-state index in [1.54, 1.807) is 0 Å². The molecule has 3 aromatic rings. The molecule has 0 aliphatic carbocycles. The van der Waals surface area contributed by atoms with Gasteiger partial charge in [-0.15, -0.1) is 0 Å². The zero-order chi connectivity index (χ0) is 21.2. The van der Waals surface area contributed by atoms with Crippen LogP contribution in [0.1, 0.15) is 5.56 Å². The summed E-state index contributed by atoms with van der Waals surface area (Å²) in [5, 5.41) is 4.13. The highest BCUT2D eigenvalue weighted by Gasteiger charge is 2.24. The van der Waals surface area contributed by atoms with Gasteiger partial charge in [0.15, 0.2) is 0 Å². The first-order valence-corrected chi connectivity index (χ1v) is 11.7. The average Bonchev–Trinajstić information content (AvgIpc) is 2.76. The van der Waals surface area contributed by atoms with Crippen molar-refractivity contribution in [3.05, 3.63) is 128 Å². The molecule has 0 N–H and O–H groups in total. The lowest BCUT2D eigenvalue weighted by Crippen LogP contribution is -2.47. The molecule has 30 heavy (non-hydrogen) atoms. The highest BCUT2D eigenvalue weighted by Crippen LogP contribution is 2.33. The third kappa shape index (κ3) is 5.45. The third-order valence-electron chi connectivity index (χ3n) is 5.26. The summed E-state index contributed by atoms with van der Waals surface area (Å²) in [5.74, 6) is 0. The van der Waals surface area contributed by atoms with Crippen molar-refractivity contribution in [2.45, 2.75) is 6.54 Å². The standard InChI is InChI=1S/C28H31NP/c1-4-20-29(21-5-2,22-6-3)24-25-14-13-19-28(23-25)30(26-15-9-7-10-16-26)27-17-11-8-12-18-27/h4-19,23H,1-3,20-22,24H2/q+1. The molecule has 152 valence electrons. The number of rotatable bonds is 11. The molecule has 0 spiro atoms. The number of hydrogen-bond donors (Lipinski definition) is 0. The van der Waals surface area contributed by atoms with E-state index >= 15 is 0 Å². The largest absolute Gasteiger partial charge is 0.310 e. The smallest absolute Gasteiger partial charge is 0.105 e. The molecular formula is C28H31NP+. The molecule has 0 heterocycles. The number of quaternary nitrogens is 1. The first-order chi connectivity index (χ1) is 14.7. The van der Waals surface area contributed by atoms with Gasteiger partial charge >= 0.3 is 0 Å². The van der Waals surface area contributed by atoms with Crippen molar-refractivity contribution in [1.82, 2.24) is 0 Å². The zero-order valence-electron chi connectivity index (χ0n) is 17.7. The zero-order valence-corrected chi connectivity index (χ0v) is 18.6. The number of hydrogen-bond acceptors (Lipinski definition) is 0. The Labute approximate surface area is 183 Å². The van der Waals surface area contributed by atoms with E-state index in [4.69, 9.17) is 0 Å². The van der Waals surface area contributed by atoms with Crippen LogP contribution in [0.25, 0.3) is 0 Å². The molecule has 0 aliphatic rings. The van der Waals surface area contributed by atoms with Gasteiger partial charge in [-0.05, 0) is 48.1 Å². The van der Waals surface area contributed by atoms with Crippen LogP contribution in [0.15, 0.2) is 123 Å². The fourth-order valence-corrected chi connectivity index (χ4v) is 6.39. The molecule has 0 radical (unpaired) electrons. The lowest BCUT2D eigenvalue weighted by Gasteiger charge is -2.36. The molecule has 0 atom stereocenters. The van der Waals surface area contributed by atoms with Gasteiger partial charge < -0.3 is 4.48 Å². The summed E-state index contributed by atoms with van der Waals surface area (Å²) in [6.07, 6.45) is 6.03. The van der Waals surface area contributed by atoms with Crippen molar-refractivity contribution in [3.63, 3.8) is 0 Å². The molecule has 0 saturated carbocycles. The van der Waals surface area contributed by atoms with E-state index in [1.807, 2.05) is 18.2 Å². The van der Waals surface area contributed by atoms with Crippen molar-refractivity contribution >= 4 is 23.8 Å². The van der Waals surface area contributed by atoms with Gasteiger partial charge in [-0.1, -0.05) is 98.6 Å². The summed E-state index contributed by atoms with van der Waals surface area (Å²) in [6.45, 7) is 15.6.